The molecule has 0 saturated heterocycles. The standard InChI is InChI=1S/C11H23NO2S/c1-10(13)6-7-11(14)12-8-4-3-5-9-15-2/h10,13H,3-9H2,1-2H3,(H,12,14). The molecule has 0 heterocycles. The highest BCUT2D eigenvalue weighted by atomic mass is 32.2. The zero-order valence-electron chi connectivity index (χ0n) is 9.79. The first-order valence-corrected chi connectivity index (χ1v) is 7.00. The topological polar surface area (TPSA) is 49.3 Å². The molecule has 0 aromatic carbocycles. The number of carbonyl (C=O) groups is 1. The van der Waals surface area contributed by atoms with Crippen LogP contribution in [0.3, 0.4) is 0 Å². The van der Waals surface area contributed by atoms with Gasteiger partial charge in [0.25, 0.3) is 0 Å². The molecule has 0 radical (unpaired) electrons. The van der Waals surface area contributed by atoms with Crippen molar-refractivity contribution < 1.29 is 9.90 Å². The van der Waals surface area contributed by atoms with Gasteiger partial charge in [0, 0.05) is 13.0 Å². The zero-order chi connectivity index (χ0) is 11.5. The third-order valence-electron chi connectivity index (χ3n) is 2.14. The molecule has 0 rings (SSSR count). The molecular weight excluding hydrogens is 210 g/mol. The van der Waals surface area contributed by atoms with Gasteiger partial charge < -0.3 is 10.4 Å². The maximum Gasteiger partial charge on any atom is 0.220 e. The van der Waals surface area contributed by atoms with Crippen molar-refractivity contribution in [1.29, 1.82) is 0 Å². The number of amides is 1. The summed E-state index contributed by atoms with van der Waals surface area (Å²) in [5, 5.41) is 11.8. The Labute approximate surface area is 97.0 Å². The Bertz CT molecular complexity index is 163. The molecule has 0 spiro atoms. The van der Waals surface area contributed by atoms with E-state index in [1.54, 1.807) is 6.92 Å². The first kappa shape index (κ1) is 14.8. The molecular formula is C11H23NO2S. The van der Waals surface area contributed by atoms with Gasteiger partial charge in [0.1, 0.15) is 0 Å². The fraction of sp³-hybridized carbons (Fsp3) is 0.909. The maximum absolute atomic E-state index is 11.2. The molecule has 1 atom stereocenters. The van der Waals surface area contributed by atoms with Crippen molar-refractivity contribution in [1.82, 2.24) is 5.32 Å². The van der Waals surface area contributed by atoms with Crippen molar-refractivity contribution in [3.05, 3.63) is 0 Å². The number of hydrogen-bond donors (Lipinski definition) is 2. The summed E-state index contributed by atoms with van der Waals surface area (Å²) in [5.74, 6) is 1.26. The van der Waals surface area contributed by atoms with Crippen LogP contribution >= 0.6 is 11.8 Å². The van der Waals surface area contributed by atoms with E-state index < -0.39 is 0 Å². The number of rotatable bonds is 9. The van der Waals surface area contributed by atoms with Gasteiger partial charge in [-0.15, -0.1) is 0 Å². The maximum atomic E-state index is 11.2. The van der Waals surface area contributed by atoms with Crippen molar-refractivity contribution in [3.63, 3.8) is 0 Å². The molecule has 0 fully saturated rings. The predicted octanol–water partition coefficient (Wildman–Crippen LogP) is 1.80. The monoisotopic (exact) mass is 233 g/mol. The Morgan fingerprint density at radius 3 is 2.73 bits per heavy atom. The van der Waals surface area contributed by atoms with E-state index in [1.165, 1.54) is 18.6 Å². The van der Waals surface area contributed by atoms with Gasteiger partial charge in [-0.1, -0.05) is 6.42 Å². The van der Waals surface area contributed by atoms with Crippen LogP contribution in [0.15, 0.2) is 0 Å². The average molecular weight is 233 g/mol. The first-order valence-electron chi connectivity index (χ1n) is 5.60. The second kappa shape index (κ2) is 10.3. The summed E-state index contributed by atoms with van der Waals surface area (Å²) in [6, 6.07) is 0. The van der Waals surface area contributed by atoms with Crippen LogP contribution in [-0.2, 0) is 4.79 Å². The summed E-state index contributed by atoms with van der Waals surface area (Å²) in [6.45, 7) is 2.47. The van der Waals surface area contributed by atoms with Crippen LogP contribution in [0.5, 0.6) is 0 Å². The summed E-state index contributed by atoms with van der Waals surface area (Å²) < 4.78 is 0. The molecule has 0 bridgehead atoms. The van der Waals surface area contributed by atoms with Crippen molar-refractivity contribution in [2.75, 3.05) is 18.6 Å². The number of unbranched alkanes of at least 4 members (excludes halogenated alkanes) is 2. The third-order valence-corrected chi connectivity index (χ3v) is 2.83. The van der Waals surface area contributed by atoms with Crippen LogP contribution in [0.1, 0.15) is 39.0 Å². The molecule has 3 nitrogen and oxygen atoms in total. The Hall–Kier alpha value is -0.220. The Balaban J connectivity index is 3.17. The van der Waals surface area contributed by atoms with Gasteiger partial charge in [-0.3, -0.25) is 4.79 Å². The minimum atomic E-state index is -0.377. The smallest absolute Gasteiger partial charge is 0.220 e. The molecule has 0 aromatic rings. The largest absolute Gasteiger partial charge is 0.393 e. The summed E-state index contributed by atoms with van der Waals surface area (Å²) in [6.07, 6.45) is 6.18. The number of aliphatic hydroxyl groups excluding tert-OH is 1. The molecule has 1 amide bonds. The minimum Gasteiger partial charge on any atom is -0.393 e. The van der Waals surface area contributed by atoms with E-state index in [4.69, 9.17) is 5.11 Å². The lowest BCUT2D eigenvalue weighted by atomic mass is 10.2. The molecule has 15 heavy (non-hydrogen) atoms. The molecule has 0 aliphatic rings. The Morgan fingerprint density at radius 2 is 2.13 bits per heavy atom. The quantitative estimate of drug-likeness (QED) is 0.597. The van der Waals surface area contributed by atoms with Crippen LogP contribution in [0.4, 0.5) is 0 Å². The Morgan fingerprint density at radius 1 is 1.40 bits per heavy atom. The number of aliphatic hydroxyl groups is 1. The van der Waals surface area contributed by atoms with Crippen molar-refractivity contribution >= 4 is 17.7 Å². The lowest BCUT2D eigenvalue weighted by Crippen LogP contribution is -2.25. The molecule has 1 unspecified atom stereocenters. The fourth-order valence-electron chi connectivity index (χ4n) is 1.20. The highest BCUT2D eigenvalue weighted by molar-refractivity contribution is 7.98. The van der Waals surface area contributed by atoms with Crippen molar-refractivity contribution in [3.8, 4) is 0 Å². The van der Waals surface area contributed by atoms with Gasteiger partial charge in [0.2, 0.25) is 5.91 Å². The van der Waals surface area contributed by atoms with Gasteiger partial charge in [0.05, 0.1) is 6.10 Å². The van der Waals surface area contributed by atoms with E-state index >= 15 is 0 Å². The molecule has 4 heteroatoms. The summed E-state index contributed by atoms with van der Waals surface area (Å²) in [4.78, 5) is 11.2. The molecule has 0 saturated carbocycles. The SMILES string of the molecule is CSCCCCCNC(=O)CCC(C)O. The van der Waals surface area contributed by atoms with Crippen LogP contribution in [0.2, 0.25) is 0 Å². The zero-order valence-corrected chi connectivity index (χ0v) is 10.6. The van der Waals surface area contributed by atoms with Crippen molar-refractivity contribution in [2.45, 2.75) is 45.1 Å². The molecule has 90 valence electrons. The average Bonchev–Trinajstić information content (AvgIpc) is 2.20. The van der Waals surface area contributed by atoms with Crippen LogP contribution in [0, 0.1) is 0 Å². The lowest BCUT2D eigenvalue weighted by Gasteiger charge is -2.06. The van der Waals surface area contributed by atoms with Gasteiger partial charge in [-0.2, -0.15) is 11.8 Å². The summed E-state index contributed by atoms with van der Waals surface area (Å²) in [5.41, 5.74) is 0. The summed E-state index contributed by atoms with van der Waals surface area (Å²) >= 11 is 1.86. The Kier molecular flexibility index (Phi) is 10.2. The van der Waals surface area contributed by atoms with E-state index in [0.717, 1.165) is 13.0 Å². The van der Waals surface area contributed by atoms with E-state index in [2.05, 4.69) is 11.6 Å². The lowest BCUT2D eigenvalue weighted by molar-refractivity contribution is -0.121. The highest BCUT2D eigenvalue weighted by Crippen LogP contribution is 2.01. The van der Waals surface area contributed by atoms with E-state index in [9.17, 15) is 4.79 Å². The third kappa shape index (κ3) is 11.7. The highest BCUT2D eigenvalue weighted by Gasteiger charge is 2.02. The van der Waals surface area contributed by atoms with Gasteiger partial charge >= 0.3 is 0 Å². The van der Waals surface area contributed by atoms with Gasteiger partial charge in [0.15, 0.2) is 0 Å². The second-order valence-corrected chi connectivity index (χ2v) is 4.78. The number of hydrogen-bond acceptors (Lipinski definition) is 3. The van der Waals surface area contributed by atoms with Gasteiger partial charge in [-0.05, 0) is 38.2 Å². The molecule has 0 aliphatic carbocycles. The number of nitrogens with one attached hydrogen (secondary N) is 1. The molecule has 0 aliphatic heterocycles. The first-order chi connectivity index (χ1) is 7.16. The van der Waals surface area contributed by atoms with E-state index in [1.807, 2.05) is 11.8 Å². The minimum absolute atomic E-state index is 0.0563. The molecule has 2 N–H and O–H groups in total. The van der Waals surface area contributed by atoms with Crippen LogP contribution < -0.4 is 5.32 Å². The van der Waals surface area contributed by atoms with E-state index in [0.29, 0.717) is 12.8 Å². The normalized spacial score (nSPS) is 12.5. The van der Waals surface area contributed by atoms with Crippen LogP contribution in [0.25, 0.3) is 0 Å². The van der Waals surface area contributed by atoms with Crippen LogP contribution in [-0.4, -0.2) is 35.7 Å². The van der Waals surface area contributed by atoms with E-state index in [-0.39, 0.29) is 12.0 Å². The molecule has 0 aromatic heterocycles. The van der Waals surface area contributed by atoms with Gasteiger partial charge in [-0.25, -0.2) is 0 Å². The van der Waals surface area contributed by atoms with Crippen molar-refractivity contribution in [2.24, 2.45) is 0 Å². The number of thioether (sulfide) groups is 1. The summed E-state index contributed by atoms with van der Waals surface area (Å²) in [7, 11) is 0. The fourth-order valence-corrected chi connectivity index (χ4v) is 1.70. The predicted molar refractivity (Wildman–Crippen MR) is 66.2 cm³/mol. The number of carbonyl (C=O) groups excluding carboxylic acids is 1. The second-order valence-electron chi connectivity index (χ2n) is 3.79.